The van der Waals surface area contributed by atoms with Gasteiger partial charge in [-0.25, -0.2) is 0 Å². The number of hydrogen-bond acceptors (Lipinski definition) is 3. The minimum absolute atomic E-state index is 0.779. The fourth-order valence-electron chi connectivity index (χ4n) is 1.29. The first-order chi connectivity index (χ1) is 7.72. The van der Waals surface area contributed by atoms with Crippen molar-refractivity contribution in [2.75, 3.05) is 18.8 Å². The highest BCUT2D eigenvalue weighted by Crippen LogP contribution is 2.18. The van der Waals surface area contributed by atoms with Crippen molar-refractivity contribution >= 4 is 18.3 Å². The molecule has 0 spiro atoms. The van der Waals surface area contributed by atoms with Gasteiger partial charge in [0.2, 0.25) is 0 Å². The summed E-state index contributed by atoms with van der Waals surface area (Å²) < 4.78 is 0. The Hall–Kier alpha value is -0.670. The van der Waals surface area contributed by atoms with Crippen molar-refractivity contribution < 1.29 is 0 Å². The summed E-state index contributed by atoms with van der Waals surface area (Å²) >= 11 is 4.14. The summed E-state index contributed by atoms with van der Waals surface area (Å²) in [6.07, 6.45) is 2.78. The lowest BCUT2D eigenvalue weighted by molar-refractivity contribution is 0.857. The van der Waals surface area contributed by atoms with Crippen molar-refractivity contribution in [2.45, 2.75) is 38.5 Å². The number of thiol groups is 1. The third-order valence-electron chi connectivity index (χ3n) is 2.26. The molecule has 2 nitrogen and oxygen atoms in total. The molecular formula is C13H24N2S. The summed E-state index contributed by atoms with van der Waals surface area (Å²) in [7, 11) is 0. The summed E-state index contributed by atoms with van der Waals surface area (Å²) in [4.78, 5) is 0.856. The second kappa shape index (κ2) is 9.55. The SMILES string of the molecule is C1CCNC1.CC.Cc1cccc(S)c1N. The van der Waals surface area contributed by atoms with Gasteiger partial charge < -0.3 is 11.1 Å². The van der Waals surface area contributed by atoms with Crippen LogP contribution < -0.4 is 11.1 Å². The monoisotopic (exact) mass is 240 g/mol. The number of nitrogens with two attached hydrogens (primary N) is 1. The van der Waals surface area contributed by atoms with Crippen molar-refractivity contribution in [3.8, 4) is 0 Å². The molecule has 0 aromatic heterocycles. The highest BCUT2D eigenvalue weighted by atomic mass is 32.1. The first kappa shape index (κ1) is 15.3. The van der Waals surface area contributed by atoms with Crippen LogP contribution in [-0.2, 0) is 0 Å². The second-order valence-electron chi connectivity index (χ2n) is 3.46. The number of para-hydroxylation sites is 1. The number of anilines is 1. The lowest BCUT2D eigenvalue weighted by atomic mass is 10.2. The highest BCUT2D eigenvalue weighted by Gasteiger charge is 1.94. The van der Waals surface area contributed by atoms with E-state index in [1.165, 1.54) is 25.9 Å². The van der Waals surface area contributed by atoms with E-state index in [2.05, 4.69) is 17.9 Å². The first-order valence-corrected chi connectivity index (χ1v) is 6.41. The zero-order valence-electron chi connectivity index (χ0n) is 10.6. The fraction of sp³-hybridized carbons (Fsp3) is 0.538. The molecule has 1 aliphatic heterocycles. The van der Waals surface area contributed by atoms with Crippen molar-refractivity contribution in [1.82, 2.24) is 5.32 Å². The predicted octanol–water partition coefficient (Wildman–Crippen LogP) is 3.26. The Bertz CT molecular complexity index is 255. The molecule has 0 amide bonds. The third-order valence-corrected chi connectivity index (χ3v) is 2.65. The molecule has 0 unspecified atom stereocenters. The summed E-state index contributed by atoms with van der Waals surface area (Å²) in [5, 5.41) is 3.22. The summed E-state index contributed by atoms with van der Waals surface area (Å²) in [5.74, 6) is 0. The van der Waals surface area contributed by atoms with E-state index >= 15 is 0 Å². The number of nitrogens with one attached hydrogen (secondary N) is 1. The largest absolute Gasteiger partial charge is 0.398 e. The molecule has 92 valence electrons. The van der Waals surface area contributed by atoms with Crippen LogP contribution in [0, 0.1) is 6.92 Å². The number of aryl methyl sites for hydroxylation is 1. The van der Waals surface area contributed by atoms with Gasteiger partial charge in [-0.2, -0.15) is 0 Å². The maximum Gasteiger partial charge on any atom is 0.0479 e. The average Bonchev–Trinajstić information content (AvgIpc) is 2.87. The number of hydrogen-bond donors (Lipinski definition) is 3. The molecule has 2 rings (SSSR count). The van der Waals surface area contributed by atoms with Crippen LogP contribution in [0.15, 0.2) is 23.1 Å². The molecule has 1 fully saturated rings. The lowest BCUT2D eigenvalue weighted by Gasteiger charge is -1.99. The molecule has 3 heteroatoms. The smallest absolute Gasteiger partial charge is 0.0479 e. The van der Waals surface area contributed by atoms with Gasteiger partial charge in [0.05, 0.1) is 0 Å². The molecule has 1 saturated heterocycles. The van der Waals surface area contributed by atoms with Crippen LogP contribution in [0.2, 0.25) is 0 Å². The molecule has 1 aromatic rings. The normalized spacial score (nSPS) is 13.2. The van der Waals surface area contributed by atoms with Crippen molar-refractivity contribution in [1.29, 1.82) is 0 Å². The summed E-state index contributed by atoms with van der Waals surface area (Å²) in [5.41, 5.74) is 7.47. The van der Waals surface area contributed by atoms with E-state index in [-0.39, 0.29) is 0 Å². The van der Waals surface area contributed by atoms with E-state index in [1.807, 2.05) is 39.0 Å². The number of rotatable bonds is 0. The molecule has 0 atom stereocenters. The molecule has 0 bridgehead atoms. The maximum absolute atomic E-state index is 5.61. The molecular weight excluding hydrogens is 216 g/mol. The Balaban J connectivity index is 0.000000272. The van der Waals surface area contributed by atoms with Crippen LogP contribution in [0.3, 0.4) is 0 Å². The highest BCUT2D eigenvalue weighted by molar-refractivity contribution is 7.80. The molecule has 0 aliphatic carbocycles. The average molecular weight is 240 g/mol. The van der Waals surface area contributed by atoms with Gasteiger partial charge in [0.15, 0.2) is 0 Å². The molecule has 0 radical (unpaired) electrons. The fourth-order valence-corrected chi connectivity index (χ4v) is 1.55. The van der Waals surface area contributed by atoms with Gasteiger partial charge >= 0.3 is 0 Å². The van der Waals surface area contributed by atoms with E-state index in [9.17, 15) is 0 Å². The van der Waals surface area contributed by atoms with E-state index in [4.69, 9.17) is 5.73 Å². The Kier molecular flexibility index (Phi) is 9.15. The van der Waals surface area contributed by atoms with Gasteiger partial charge in [-0.1, -0.05) is 26.0 Å². The quantitative estimate of drug-likeness (QED) is 0.481. The first-order valence-electron chi connectivity index (χ1n) is 5.96. The van der Waals surface area contributed by atoms with Gasteiger partial charge in [-0.05, 0) is 44.5 Å². The van der Waals surface area contributed by atoms with Crippen LogP contribution >= 0.6 is 12.6 Å². The van der Waals surface area contributed by atoms with E-state index in [1.54, 1.807) is 0 Å². The maximum atomic E-state index is 5.61. The van der Waals surface area contributed by atoms with Crippen molar-refractivity contribution in [3.05, 3.63) is 23.8 Å². The molecule has 16 heavy (non-hydrogen) atoms. The number of benzene rings is 1. The van der Waals surface area contributed by atoms with Crippen molar-refractivity contribution in [2.24, 2.45) is 0 Å². The molecule has 0 saturated carbocycles. The summed E-state index contributed by atoms with van der Waals surface area (Å²) in [6, 6.07) is 5.79. The van der Waals surface area contributed by atoms with Crippen LogP contribution in [0.1, 0.15) is 32.3 Å². The van der Waals surface area contributed by atoms with E-state index in [0.29, 0.717) is 0 Å². The molecule has 3 N–H and O–H groups in total. The molecule has 1 heterocycles. The number of nitrogen functional groups attached to an aromatic ring is 1. The van der Waals surface area contributed by atoms with E-state index in [0.717, 1.165) is 16.1 Å². The van der Waals surface area contributed by atoms with Crippen molar-refractivity contribution in [3.63, 3.8) is 0 Å². The van der Waals surface area contributed by atoms with Crippen LogP contribution in [0.4, 0.5) is 5.69 Å². The zero-order chi connectivity index (χ0) is 12.4. The van der Waals surface area contributed by atoms with E-state index < -0.39 is 0 Å². The molecule has 1 aromatic carbocycles. The Morgan fingerprint density at radius 1 is 1.19 bits per heavy atom. The second-order valence-corrected chi connectivity index (χ2v) is 3.95. The van der Waals surface area contributed by atoms with Gasteiger partial charge in [0.1, 0.15) is 0 Å². The third kappa shape index (κ3) is 6.03. The minimum atomic E-state index is 0.779. The zero-order valence-corrected chi connectivity index (χ0v) is 11.5. The predicted molar refractivity (Wildman–Crippen MR) is 76.3 cm³/mol. The lowest BCUT2D eigenvalue weighted by Crippen LogP contribution is -2.03. The summed E-state index contributed by atoms with van der Waals surface area (Å²) in [6.45, 7) is 8.47. The topological polar surface area (TPSA) is 38.0 Å². The Labute approximate surface area is 105 Å². The van der Waals surface area contributed by atoms with Gasteiger partial charge in [0, 0.05) is 10.6 Å². The van der Waals surface area contributed by atoms with Gasteiger partial charge in [-0.15, -0.1) is 12.6 Å². The Morgan fingerprint density at radius 2 is 1.75 bits per heavy atom. The van der Waals surface area contributed by atoms with Gasteiger partial charge in [-0.3, -0.25) is 0 Å². The standard InChI is InChI=1S/C7H9NS.C4H9N.C2H6/c1-5-3-2-4-6(9)7(5)8;1-2-4-5-3-1;1-2/h2-4,9H,8H2,1H3;5H,1-4H2;1-2H3. The van der Waals surface area contributed by atoms with Crippen LogP contribution in [0.25, 0.3) is 0 Å². The van der Waals surface area contributed by atoms with Gasteiger partial charge in [0.25, 0.3) is 0 Å². The van der Waals surface area contributed by atoms with Crippen LogP contribution in [-0.4, -0.2) is 13.1 Å². The Morgan fingerprint density at radius 3 is 2.06 bits per heavy atom. The minimum Gasteiger partial charge on any atom is -0.398 e. The van der Waals surface area contributed by atoms with Crippen LogP contribution in [0.5, 0.6) is 0 Å². The molecule has 1 aliphatic rings.